The molecule has 5 nitrogen and oxygen atoms in total. The van der Waals surface area contributed by atoms with Crippen LogP contribution in [-0.4, -0.2) is 15.2 Å². The summed E-state index contributed by atoms with van der Waals surface area (Å²) in [5.41, 5.74) is 0.711. The Morgan fingerprint density at radius 2 is 2.35 bits per heavy atom. The average Bonchev–Trinajstić information content (AvgIpc) is 2.80. The summed E-state index contributed by atoms with van der Waals surface area (Å²) in [6.45, 7) is 1.89. The molecule has 6 heteroatoms. The van der Waals surface area contributed by atoms with E-state index >= 15 is 0 Å². The molecule has 0 saturated carbocycles. The largest absolute Gasteiger partial charge is 0.485 e. The molecule has 2 aromatic rings. The third-order valence-corrected chi connectivity index (χ3v) is 2.68. The summed E-state index contributed by atoms with van der Waals surface area (Å²) in [5.74, 6) is 1.07. The Morgan fingerprint density at radius 1 is 1.53 bits per heavy atom. The van der Waals surface area contributed by atoms with Crippen molar-refractivity contribution in [2.45, 2.75) is 19.6 Å². The van der Waals surface area contributed by atoms with E-state index in [1.807, 2.05) is 12.1 Å². The molecular weight excluding hydrogens is 288 g/mol. The van der Waals surface area contributed by atoms with E-state index < -0.39 is 6.10 Å². The molecule has 0 aliphatic rings. The number of ether oxygens (including phenoxy) is 1. The molecule has 2 rings (SSSR count). The molecular formula is C11H11BrN2O3. The number of rotatable bonds is 4. The van der Waals surface area contributed by atoms with E-state index in [0.29, 0.717) is 17.1 Å². The fraction of sp³-hybridized carbons (Fsp3) is 0.273. The maximum atomic E-state index is 9.64. The molecule has 17 heavy (non-hydrogen) atoms. The molecule has 1 N–H and O–H groups in total. The second-order valence-electron chi connectivity index (χ2n) is 3.49. The summed E-state index contributed by atoms with van der Waals surface area (Å²) >= 11 is 3.35. The number of hydrogen-bond acceptors (Lipinski definition) is 5. The Bertz CT molecular complexity index is 485. The van der Waals surface area contributed by atoms with E-state index in [2.05, 4.69) is 30.6 Å². The van der Waals surface area contributed by atoms with Gasteiger partial charge in [0.2, 0.25) is 12.2 Å². The smallest absolute Gasteiger partial charge is 0.213 e. The highest BCUT2D eigenvalue weighted by molar-refractivity contribution is 9.10. The SMILES string of the molecule is C[C@H](O)c1cc(Br)ccc1OCc1ncon1. The van der Waals surface area contributed by atoms with Crippen LogP contribution in [0.15, 0.2) is 33.6 Å². The van der Waals surface area contributed by atoms with Crippen molar-refractivity contribution in [3.05, 3.63) is 40.5 Å². The Morgan fingerprint density at radius 3 is 3.00 bits per heavy atom. The van der Waals surface area contributed by atoms with Crippen LogP contribution < -0.4 is 4.74 Å². The van der Waals surface area contributed by atoms with Gasteiger partial charge in [-0.2, -0.15) is 4.98 Å². The van der Waals surface area contributed by atoms with Gasteiger partial charge in [-0.05, 0) is 25.1 Å². The summed E-state index contributed by atoms with van der Waals surface area (Å²) in [5, 5.41) is 13.3. The van der Waals surface area contributed by atoms with Crippen molar-refractivity contribution < 1.29 is 14.4 Å². The number of benzene rings is 1. The van der Waals surface area contributed by atoms with Gasteiger partial charge >= 0.3 is 0 Å². The van der Waals surface area contributed by atoms with Crippen molar-refractivity contribution in [3.63, 3.8) is 0 Å². The molecule has 0 amide bonds. The lowest BCUT2D eigenvalue weighted by atomic mass is 10.1. The Hall–Kier alpha value is -1.40. The molecule has 0 spiro atoms. The predicted octanol–water partition coefficient (Wildman–Crippen LogP) is 2.46. The number of aliphatic hydroxyl groups excluding tert-OH is 1. The lowest BCUT2D eigenvalue weighted by molar-refractivity contribution is 0.189. The van der Waals surface area contributed by atoms with E-state index in [4.69, 9.17) is 4.74 Å². The van der Waals surface area contributed by atoms with E-state index in [-0.39, 0.29) is 6.61 Å². The minimum absolute atomic E-state index is 0.206. The van der Waals surface area contributed by atoms with Gasteiger partial charge in [0.05, 0.1) is 6.10 Å². The summed E-state index contributed by atoms with van der Waals surface area (Å²) < 4.78 is 11.0. The van der Waals surface area contributed by atoms with Crippen molar-refractivity contribution in [3.8, 4) is 5.75 Å². The zero-order chi connectivity index (χ0) is 12.3. The van der Waals surface area contributed by atoms with Gasteiger partial charge in [0.25, 0.3) is 0 Å². The Balaban J connectivity index is 2.14. The third-order valence-electron chi connectivity index (χ3n) is 2.19. The van der Waals surface area contributed by atoms with Gasteiger partial charge in [-0.3, -0.25) is 0 Å². The molecule has 0 aliphatic carbocycles. The van der Waals surface area contributed by atoms with E-state index in [9.17, 15) is 5.11 Å². The van der Waals surface area contributed by atoms with E-state index in [0.717, 1.165) is 4.47 Å². The van der Waals surface area contributed by atoms with Crippen molar-refractivity contribution >= 4 is 15.9 Å². The van der Waals surface area contributed by atoms with Gasteiger partial charge in [0, 0.05) is 10.0 Å². The number of halogens is 1. The second kappa shape index (κ2) is 5.29. The fourth-order valence-electron chi connectivity index (χ4n) is 1.38. The van der Waals surface area contributed by atoms with Crippen LogP contribution in [-0.2, 0) is 6.61 Å². The highest BCUT2D eigenvalue weighted by Gasteiger charge is 2.10. The van der Waals surface area contributed by atoms with Crippen molar-refractivity contribution in [1.82, 2.24) is 10.1 Å². The predicted molar refractivity (Wildman–Crippen MR) is 63.4 cm³/mol. The van der Waals surface area contributed by atoms with Crippen LogP contribution in [0.1, 0.15) is 24.4 Å². The number of aromatic nitrogens is 2. The lowest BCUT2D eigenvalue weighted by Crippen LogP contribution is -2.02. The number of nitrogens with zero attached hydrogens (tertiary/aromatic N) is 2. The minimum Gasteiger partial charge on any atom is -0.485 e. The monoisotopic (exact) mass is 298 g/mol. The van der Waals surface area contributed by atoms with Gasteiger partial charge in [-0.25, -0.2) is 0 Å². The molecule has 1 aromatic heterocycles. The summed E-state index contributed by atoms with van der Waals surface area (Å²) in [6, 6.07) is 5.44. The zero-order valence-corrected chi connectivity index (χ0v) is 10.7. The molecule has 0 unspecified atom stereocenters. The highest BCUT2D eigenvalue weighted by Crippen LogP contribution is 2.28. The van der Waals surface area contributed by atoms with Crippen LogP contribution in [0.5, 0.6) is 5.75 Å². The maximum Gasteiger partial charge on any atom is 0.213 e. The van der Waals surface area contributed by atoms with Crippen LogP contribution in [0.25, 0.3) is 0 Å². The number of aliphatic hydroxyl groups is 1. The van der Waals surface area contributed by atoms with Crippen molar-refractivity contribution in [2.75, 3.05) is 0 Å². The molecule has 1 atom stereocenters. The second-order valence-corrected chi connectivity index (χ2v) is 4.41. The van der Waals surface area contributed by atoms with Gasteiger partial charge in [-0.15, -0.1) is 0 Å². The van der Waals surface area contributed by atoms with Gasteiger partial charge in [-0.1, -0.05) is 21.1 Å². The van der Waals surface area contributed by atoms with Crippen LogP contribution in [0.2, 0.25) is 0 Å². The summed E-state index contributed by atoms with van der Waals surface area (Å²) in [7, 11) is 0. The fourth-order valence-corrected chi connectivity index (χ4v) is 1.75. The molecule has 0 fully saturated rings. The molecule has 90 valence electrons. The molecule has 0 saturated heterocycles. The van der Waals surface area contributed by atoms with Gasteiger partial charge in [0.1, 0.15) is 5.75 Å². The molecule has 1 aromatic carbocycles. The lowest BCUT2D eigenvalue weighted by Gasteiger charge is -2.12. The average molecular weight is 299 g/mol. The molecule has 1 heterocycles. The van der Waals surface area contributed by atoms with Crippen molar-refractivity contribution in [2.24, 2.45) is 0 Å². The molecule has 0 aliphatic heterocycles. The standard InChI is InChI=1S/C11H11BrN2O3/c1-7(15)9-4-8(12)2-3-10(9)16-5-11-13-6-17-14-11/h2-4,6-7,15H,5H2,1H3/t7-/m0/s1. The quantitative estimate of drug-likeness (QED) is 0.939. The first-order valence-electron chi connectivity index (χ1n) is 5.02. The summed E-state index contributed by atoms with van der Waals surface area (Å²) in [6.07, 6.45) is 0.642. The minimum atomic E-state index is -0.604. The normalized spacial score (nSPS) is 12.4. The van der Waals surface area contributed by atoms with E-state index in [1.54, 1.807) is 13.0 Å². The highest BCUT2D eigenvalue weighted by atomic mass is 79.9. The number of hydrogen-bond donors (Lipinski definition) is 1. The first-order chi connectivity index (χ1) is 8.16. The summed E-state index contributed by atoms with van der Waals surface area (Å²) in [4.78, 5) is 3.85. The third kappa shape index (κ3) is 3.04. The topological polar surface area (TPSA) is 68.4 Å². The van der Waals surface area contributed by atoms with Crippen LogP contribution in [0.4, 0.5) is 0 Å². The van der Waals surface area contributed by atoms with Gasteiger partial charge < -0.3 is 14.4 Å². The van der Waals surface area contributed by atoms with Crippen molar-refractivity contribution in [1.29, 1.82) is 0 Å². The first-order valence-corrected chi connectivity index (χ1v) is 5.81. The maximum absolute atomic E-state index is 9.64. The van der Waals surface area contributed by atoms with Crippen LogP contribution >= 0.6 is 15.9 Å². The Kier molecular flexibility index (Phi) is 3.75. The zero-order valence-electron chi connectivity index (χ0n) is 9.13. The first kappa shape index (κ1) is 12.1. The van der Waals surface area contributed by atoms with E-state index in [1.165, 1.54) is 6.39 Å². The Labute approximate surface area is 107 Å². The molecule has 0 bridgehead atoms. The van der Waals surface area contributed by atoms with Crippen LogP contribution in [0.3, 0.4) is 0 Å². The van der Waals surface area contributed by atoms with Gasteiger partial charge in [0.15, 0.2) is 6.61 Å². The van der Waals surface area contributed by atoms with Crippen LogP contribution in [0, 0.1) is 0 Å². The molecule has 0 radical (unpaired) electrons.